The van der Waals surface area contributed by atoms with Crippen LogP contribution in [0, 0.1) is 0 Å². The Morgan fingerprint density at radius 1 is 0.963 bits per heavy atom. The minimum absolute atomic E-state index is 0.248. The van der Waals surface area contributed by atoms with Crippen LogP contribution in [0.3, 0.4) is 0 Å². The first-order valence-electron chi connectivity index (χ1n) is 8.34. The summed E-state index contributed by atoms with van der Waals surface area (Å²) in [5.74, 6) is 1.52. The molecular formula is C20H20N4O3. The molecule has 138 valence electrons. The lowest BCUT2D eigenvalue weighted by Gasteiger charge is -2.11. The molecule has 0 bridgehead atoms. The summed E-state index contributed by atoms with van der Waals surface area (Å²) in [5, 5.41) is 14.0. The van der Waals surface area contributed by atoms with E-state index in [1.807, 2.05) is 42.5 Å². The van der Waals surface area contributed by atoms with Crippen molar-refractivity contribution in [3.8, 4) is 11.5 Å². The highest BCUT2D eigenvalue weighted by Gasteiger charge is 2.10. The van der Waals surface area contributed by atoms with Crippen molar-refractivity contribution in [3.05, 3.63) is 71.9 Å². The molecule has 3 aromatic rings. The van der Waals surface area contributed by atoms with Crippen molar-refractivity contribution >= 4 is 17.4 Å². The van der Waals surface area contributed by atoms with Crippen molar-refractivity contribution in [1.82, 2.24) is 15.5 Å². The Kier molecular flexibility index (Phi) is 5.84. The molecule has 0 unspecified atom stereocenters. The van der Waals surface area contributed by atoms with Crippen molar-refractivity contribution in [1.29, 1.82) is 0 Å². The molecule has 7 heteroatoms. The second-order valence-electron chi connectivity index (χ2n) is 5.66. The number of methoxy groups -OCH3 is 2. The third-order valence-electron chi connectivity index (χ3n) is 3.86. The van der Waals surface area contributed by atoms with E-state index < -0.39 is 0 Å². The highest BCUT2D eigenvalue weighted by molar-refractivity contribution is 5.92. The number of hydrogen-bond acceptors (Lipinski definition) is 6. The van der Waals surface area contributed by atoms with Gasteiger partial charge in [-0.2, -0.15) is 0 Å². The molecule has 27 heavy (non-hydrogen) atoms. The van der Waals surface area contributed by atoms with Gasteiger partial charge in [0.1, 0.15) is 11.5 Å². The van der Waals surface area contributed by atoms with Gasteiger partial charge in [-0.05, 0) is 29.8 Å². The molecule has 0 saturated carbocycles. The number of rotatable bonds is 7. The lowest BCUT2D eigenvalue weighted by Crippen LogP contribution is -2.24. The van der Waals surface area contributed by atoms with Gasteiger partial charge in [0.05, 0.1) is 19.9 Å². The van der Waals surface area contributed by atoms with Gasteiger partial charge >= 0.3 is 0 Å². The van der Waals surface area contributed by atoms with Gasteiger partial charge in [0.2, 0.25) is 0 Å². The van der Waals surface area contributed by atoms with Gasteiger partial charge in [0.15, 0.2) is 11.5 Å². The third-order valence-corrected chi connectivity index (χ3v) is 3.86. The number of carbonyl (C=O) groups excluding carboxylic acids is 1. The topological polar surface area (TPSA) is 85.4 Å². The Morgan fingerprint density at radius 2 is 1.78 bits per heavy atom. The average Bonchev–Trinajstić information content (AvgIpc) is 2.73. The summed E-state index contributed by atoms with van der Waals surface area (Å²) in [6, 6.07) is 18.4. The second kappa shape index (κ2) is 8.66. The predicted molar refractivity (Wildman–Crippen MR) is 102 cm³/mol. The number of hydrogen-bond donors (Lipinski definition) is 2. The van der Waals surface area contributed by atoms with Crippen LogP contribution in [0.2, 0.25) is 0 Å². The number of carbonyl (C=O) groups is 1. The maximum Gasteiger partial charge on any atom is 0.272 e. The zero-order valence-corrected chi connectivity index (χ0v) is 15.1. The Morgan fingerprint density at radius 3 is 2.44 bits per heavy atom. The standard InChI is InChI=1S/C20H20N4O3/c1-26-15-8-9-16(18(12-15)27-2)22-19-11-10-17(23-24-19)20(25)21-13-14-6-4-3-5-7-14/h3-12H,13H2,1-2H3,(H,21,25)(H,22,24). The van der Waals surface area contributed by atoms with E-state index in [1.165, 1.54) is 0 Å². The van der Waals surface area contributed by atoms with Crippen LogP contribution in [0.25, 0.3) is 0 Å². The van der Waals surface area contributed by atoms with Gasteiger partial charge < -0.3 is 20.1 Å². The minimum atomic E-state index is -0.278. The highest BCUT2D eigenvalue weighted by Crippen LogP contribution is 2.30. The van der Waals surface area contributed by atoms with Crippen molar-refractivity contribution in [2.45, 2.75) is 6.54 Å². The molecule has 0 aliphatic rings. The summed E-state index contributed by atoms with van der Waals surface area (Å²) in [7, 11) is 3.17. The van der Waals surface area contributed by atoms with Crippen molar-refractivity contribution in [3.63, 3.8) is 0 Å². The van der Waals surface area contributed by atoms with Crippen LogP contribution < -0.4 is 20.1 Å². The molecule has 0 saturated heterocycles. The maximum absolute atomic E-state index is 12.2. The fraction of sp³-hybridized carbons (Fsp3) is 0.150. The monoisotopic (exact) mass is 364 g/mol. The zero-order chi connectivity index (χ0) is 19.1. The first kappa shape index (κ1) is 18.2. The van der Waals surface area contributed by atoms with E-state index in [1.54, 1.807) is 32.4 Å². The predicted octanol–water partition coefficient (Wildman–Crippen LogP) is 3.17. The number of anilines is 2. The number of ether oxygens (including phenoxy) is 2. The molecule has 3 rings (SSSR count). The molecule has 1 heterocycles. The van der Waals surface area contributed by atoms with Crippen LogP contribution in [-0.2, 0) is 6.54 Å². The van der Waals surface area contributed by atoms with Gasteiger partial charge in [0, 0.05) is 12.6 Å². The quantitative estimate of drug-likeness (QED) is 0.670. The van der Waals surface area contributed by atoms with Gasteiger partial charge in [-0.1, -0.05) is 30.3 Å². The fourth-order valence-corrected chi connectivity index (χ4v) is 2.43. The van der Waals surface area contributed by atoms with Crippen LogP contribution in [0.15, 0.2) is 60.7 Å². The van der Waals surface area contributed by atoms with Gasteiger partial charge in [0.25, 0.3) is 5.91 Å². The third kappa shape index (κ3) is 4.72. The number of amides is 1. The zero-order valence-electron chi connectivity index (χ0n) is 15.1. The molecule has 0 aliphatic heterocycles. The molecule has 0 atom stereocenters. The van der Waals surface area contributed by atoms with E-state index in [4.69, 9.17) is 9.47 Å². The van der Waals surface area contributed by atoms with Crippen molar-refractivity contribution < 1.29 is 14.3 Å². The summed E-state index contributed by atoms with van der Waals surface area (Å²) >= 11 is 0. The molecule has 0 fully saturated rings. The van der Waals surface area contributed by atoms with E-state index in [2.05, 4.69) is 20.8 Å². The molecule has 7 nitrogen and oxygen atoms in total. The summed E-state index contributed by atoms with van der Waals surface area (Å²) in [6.45, 7) is 0.435. The van der Waals surface area contributed by atoms with Crippen LogP contribution >= 0.6 is 0 Å². The van der Waals surface area contributed by atoms with Gasteiger partial charge in [-0.25, -0.2) is 0 Å². The first-order chi connectivity index (χ1) is 13.2. The summed E-state index contributed by atoms with van der Waals surface area (Å²) in [6.07, 6.45) is 0. The second-order valence-corrected chi connectivity index (χ2v) is 5.66. The normalized spacial score (nSPS) is 10.1. The molecular weight excluding hydrogens is 344 g/mol. The molecule has 2 aromatic carbocycles. The Balaban J connectivity index is 1.64. The van der Waals surface area contributed by atoms with Crippen molar-refractivity contribution in [2.75, 3.05) is 19.5 Å². The fourth-order valence-electron chi connectivity index (χ4n) is 2.43. The van der Waals surface area contributed by atoms with E-state index in [-0.39, 0.29) is 11.6 Å². The summed E-state index contributed by atoms with van der Waals surface area (Å²) in [5.41, 5.74) is 1.98. The number of aromatic nitrogens is 2. The lowest BCUT2D eigenvalue weighted by atomic mass is 10.2. The number of nitrogens with zero attached hydrogens (tertiary/aromatic N) is 2. The number of nitrogens with one attached hydrogen (secondary N) is 2. The Labute approximate surface area is 157 Å². The molecule has 0 aliphatic carbocycles. The SMILES string of the molecule is COc1ccc(Nc2ccc(C(=O)NCc3ccccc3)nn2)c(OC)c1. The van der Waals surface area contributed by atoms with Crippen molar-refractivity contribution in [2.24, 2.45) is 0 Å². The maximum atomic E-state index is 12.2. The largest absolute Gasteiger partial charge is 0.497 e. The van der Waals surface area contributed by atoms with Crippen LogP contribution in [0.5, 0.6) is 11.5 Å². The lowest BCUT2D eigenvalue weighted by molar-refractivity contribution is 0.0945. The molecule has 0 spiro atoms. The molecule has 1 amide bonds. The highest BCUT2D eigenvalue weighted by atomic mass is 16.5. The van der Waals surface area contributed by atoms with Gasteiger partial charge in [-0.3, -0.25) is 4.79 Å². The Hall–Kier alpha value is -3.61. The van der Waals surface area contributed by atoms with E-state index in [9.17, 15) is 4.79 Å². The summed E-state index contributed by atoms with van der Waals surface area (Å²) in [4.78, 5) is 12.2. The van der Waals surface area contributed by atoms with Crippen LogP contribution in [0.4, 0.5) is 11.5 Å². The first-order valence-corrected chi connectivity index (χ1v) is 8.34. The average molecular weight is 364 g/mol. The van der Waals surface area contributed by atoms with Crippen LogP contribution in [0.1, 0.15) is 16.1 Å². The van der Waals surface area contributed by atoms with E-state index in [0.29, 0.717) is 29.5 Å². The Bertz CT molecular complexity index is 899. The van der Waals surface area contributed by atoms with E-state index >= 15 is 0 Å². The number of benzene rings is 2. The van der Waals surface area contributed by atoms with Crippen LogP contribution in [-0.4, -0.2) is 30.3 Å². The summed E-state index contributed by atoms with van der Waals surface area (Å²) < 4.78 is 10.5. The van der Waals surface area contributed by atoms with E-state index in [0.717, 1.165) is 5.56 Å². The smallest absolute Gasteiger partial charge is 0.272 e. The minimum Gasteiger partial charge on any atom is -0.497 e. The molecule has 1 aromatic heterocycles. The molecule has 0 radical (unpaired) electrons. The molecule has 2 N–H and O–H groups in total. The van der Waals surface area contributed by atoms with Gasteiger partial charge in [-0.15, -0.1) is 10.2 Å².